The number of nitrogens with zero attached hydrogens (tertiary/aromatic N) is 2. The van der Waals surface area contributed by atoms with E-state index in [4.69, 9.17) is 14.2 Å². The van der Waals surface area contributed by atoms with Gasteiger partial charge in [-0.3, -0.25) is 14.6 Å². The summed E-state index contributed by atoms with van der Waals surface area (Å²) in [5.74, 6) is -0.186. The van der Waals surface area contributed by atoms with Crippen LogP contribution in [0.15, 0.2) is 72.6 Å². The van der Waals surface area contributed by atoms with Gasteiger partial charge in [-0.25, -0.2) is 0 Å². The first-order valence-electron chi connectivity index (χ1n) is 11.1. The van der Waals surface area contributed by atoms with E-state index in [-0.39, 0.29) is 17.9 Å². The summed E-state index contributed by atoms with van der Waals surface area (Å²) < 4.78 is 16.4. The van der Waals surface area contributed by atoms with Gasteiger partial charge < -0.3 is 24.2 Å². The van der Waals surface area contributed by atoms with Gasteiger partial charge in [0.05, 0.1) is 32.4 Å². The number of carbonyl (C=O) groups is 2. The summed E-state index contributed by atoms with van der Waals surface area (Å²) >= 11 is 0. The quantitative estimate of drug-likeness (QED) is 0.298. The molecule has 180 valence electrons. The van der Waals surface area contributed by atoms with Crippen molar-refractivity contribution in [2.24, 2.45) is 0 Å². The van der Waals surface area contributed by atoms with E-state index in [1.165, 1.54) is 19.1 Å². The van der Waals surface area contributed by atoms with Crippen molar-refractivity contribution in [3.63, 3.8) is 0 Å². The van der Waals surface area contributed by atoms with Crippen LogP contribution in [-0.2, 0) is 16.1 Å². The average molecular weight is 475 g/mol. The number of carbonyl (C=O) groups excluding carboxylic acids is 2. The number of rotatable bonds is 8. The fourth-order valence-corrected chi connectivity index (χ4v) is 4.14. The lowest BCUT2D eigenvalue weighted by Gasteiger charge is -2.27. The highest BCUT2D eigenvalue weighted by molar-refractivity contribution is 6.46. The molecule has 0 aliphatic carbocycles. The minimum Gasteiger partial charge on any atom is -0.507 e. The molecule has 1 aliphatic rings. The van der Waals surface area contributed by atoms with E-state index in [0.717, 1.165) is 5.56 Å². The average Bonchev–Trinajstić information content (AvgIpc) is 3.14. The summed E-state index contributed by atoms with van der Waals surface area (Å²) in [7, 11) is 3.03. The third-order valence-electron chi connectivity index (χ3n) is 5.79. The summed E-state index contributed by atoms with van der Waals surface area (Å²) in [6.07, 6.45) is 3.26. The van der Waals surface area contributed by atoms with Gasteiger partial charge in [-0.1, -0.05) is 6.07 Å². The van der Waals surface area contributed by atoms with Gasteiger partial charge in [0.2, 0.25) is 0 Å². The van der Waals surface area contributed by atoms with Crippen LogP contribution in [-0.4, -0.2) is 47.5 Å². The summed E-state index contributed by atoms with van der Waals surface area (Å²) in [5, 5.41) is 11.3. The maximum atomic E-state index is 13.3. The van der Waals surface area contributed by atoms with Crippen LogP contribution in [0.3, 0.4) is 0 Å². The van der Waals surface area contributed by atoms with Gasteiger partial charge in [-0.15, -0.1) is 0 Å². The van der Waals surface area contributed by atoms with Crippen molar-refractivity contribution < 1.29 is 28.9 Å². The molecule has 0 spiro atoms. The third kappa shape index (κ3) is 4.68. The topological polar surface area (TPSA) is 98.2 Å². The van der Waals surface area contributed by atoms with Crippen LogP contribution in [0.2, 0.25) is 0 Å². The molecule has 1 N–H and O–H groups in total. The molecule has 8 heteroatoms. The third-order valence-corrected chi connectivity index (χ3v) is 5.79. The zero-order chi connectivity index (χ0) is 24.9. The molecular weight excluding hydrogens is 448 g/mol. The molecule has 35 heavy (non-hydrogen) atoms. The highest BCUT2D eigenvalue weighted by Gasteiger charge is 2.47. The Morgan fingerprint density at radius 2 is 1.77 bits per heavy atom. The highest BCUT2D eigenvalue weighted by Crippen LogP contribution is 2.44. The summed E-state index contributed by atoms with van der Waals surface area (Å²) in [5.41, 5.74) is 1.61. The molecule has 3 aromatic rings. The first-order valence-corrected chi connectivity index (χ1v) is 11.1. The molecule has 0 bridgehead atoms. The second kappa shape index (κ2) is 10.3. The number of aromatic nitrogens is 1. The van der Waals surface area contributed by atoms with Crippen molar-refractivity contribution in [1.82, 2.24) is 9.88 Å². The number of hydrogen-bond donors (Lipinski definition) is 1. The lowest BCUT2D eigenvalue weighted by molar-refractivity contribution is -0.140. The normalized spacial score (nSPS) is 16.9. The first kappa shape index (κ1) is 23.8. The molecule has 2 aromatic carbocycles. The van der Waals surface area contributed by atoms with E-state index in [0.29, 0.717) is 35.0 Å². The number of aliphatic hydroxyl groups is 1. The molecule has 4 rings (SSSR count). The van der Waals surface area contributed by atoms with E-state index in [1.54, 1.807) is 60.9 Å². The van der Waals surface area contributed by atoms with Gasteiger partial charge in [0.15, 0.2) is 0 Å². The Bertz CT molecular complexity index is 1250. The Hall–Kier alpha value is -4.33. The standard InChI is InChI=1S/C27H26N2O6/c1-4-35-19-9-7-18(8-10-19)25(30)23-24(21-14-20(33-2)11-12-22(21)34-3)29(27(32)26(23)31)16-17-6-5-13-28-15-17/h5-15,24,30H,4,16H2,1-3H3/b25-23-. The van der Waals surface area contributed by atoms with Crippen molar-refractivity contribution in [3.8, 4) is 17.2 Å². The van der Waals surface area contributed by atoms with Gasteiger partial charge in [0, 0.05) is 30.1 Å². The number of Topliss-reactive ketones (excluding diaryl/α,β-unsaturated/α-hetero) is 1. The SMILES string of the molecule is CCOc1ccc(/C(O)=C2/C(=O)C(=O)N(Cc3cccnc3)C2c2cc(OC)ccc2OC)cc1. The van der Waals surface area contributed by atoms with E-state index in [1.807, 2.05) is 13.0 Å². The van der Waals surface area contributed by atoms with Crippen molar-refractivity contribution in [2.75, 3.05) is 20.8 Å². The van der Waals surface area contributed by atoms with Crippen LogP contribution in [0.1, 0.15) is 29.7 Å². The van der Waals surface area contributed by atoms with E-state index in [9.17, 15) is 14.7 Å². The summed E-state index contributed by atoms with van der Waals surface area (Å²) in [6.45, 7) is 2.49. The number of pyridine rings is 1. The summed E-state index contributed by atoms with van der Waals surface area (Å²) in [6, 6.07) is 14.5. The predicted octanol–water partition coefficient (Wildman–Crippen LogP) is 4.12. The second-order valence-corrected chi connectivity index (χ2v) is 7.85. The number of hydrogen-bond acceptors (Lipinski definition) is 7. The Morgan fingerprint density at radius 3 is 2.40 bits per heavy atom. The van der Waals surface area contributed by atoms with Gasteiger partial charge in [0.1, 0.15) is 23.0 Å². The van der Waals surface area contributed by atoms with Crippen LogP contribution in [0.4, 0.5) is 0 Å². The molecular formula is C27H26N2O6. The fourth-order valence-electron chi connectivity index (χ4n) is 4.14. The predicted molar refractivity (Wildman–Crippen MR) is 129 cm³/mol. The Labute approximate surface area is 203 Å². The zero-order valence-corrected chi connectivity index (χ0v) is 19.7. The number of aliphatic hydroxyl groups excluding tert-OH is 1. The number of methoxy groups -OCH3 is 2. The minimum atomic E-state index is -0.910. The zero-order valence-electron chi connectivity index (χ0n) is 19.7. The van der Waals surface area contributed by atoms with Crippen LogP contribution in [0.5, 0.6) is 17.2 Å². The van der Waals surface area contributed by atoms with E-state index >= 15 is 0 Å². The number of ketones is 1. The maximum absolute atomic E-state index is 13.3. The summed E-state index contributed by atoms with van der Waals surface area (Å²) in [4.78, 5) is 32.1. The lowest BCUT2D eigenvalue weighted by Crippen LogP contribution is -2.29. The van der Waals surface area contributed by atoms with Crippen molar-refractivity contribution >= 4 is 17.4 Å². The van der Waals surface area contributed by atoms with E-state index < -0.39 is 17.7 Å². The van der Waals surface area contributed by atoms with Crippen molar-refractivity contribution in [1.29, 1.82) is 0 Å². The molecule has 1 atom stereocenters. The van der Waals surface area contributed by atoms with Gasteiger partial charge in [-0.05, 0) is 61.0 Å². The fraction of sp³-hybridized carbons (Fsp3) is 0.222. The number of amides is 1. The number of likely N-dealkylation sites (tertiary alicyclic amines) is 1. The Kier molecular flexibility index (Phi) is 7.01. The van der Waals surface area contributed by atoms with E-state index in [2.05, 4.69) is 4.98 Å². The smallest absolute Gasteiger partial charge is 0.295 e. The molecule has 1 aliphatic heterocycles. The van der Waals surface area contributed by atoms with Gasteiger partial charge >= 0.3 is 0 Å². The molecule has 1 unspecified atom stereocenters. The van der Waals surface area contributed by atoms with Crippen LogP contribution < -0.4 is 14.2 Å². The second-order valence-electron chi connectivity index (χ2n) is 7.85. The molecule has 1 fully saturated rings. The van der Waals surface area contributed by atoms with Crippen molar-refractivity contribution in [3.05, 3.63) is 89.3 Å². The molecule has 0 saturated carbocycles. The monoisotopic (exact) mass is 474 g/mol. The lowest BCUT2D eigenvalue weighted by atomic mass is 9.94. The van der Waals surface area contributed by atoms with Gasteiger partial charge in [0.25, 0.3) is 11.7 Å². The molecule has 1 saturated heterocycles. The highest BCUT2D eigenvalue weighted by atomic mass is 16.5. The molecule has 1 aromatic heterocycles. The largest absolute Gasteiger partial charge is 0.507 e. The Morgan fingerprint density at radius 1 is 1.03 bits per heavy atom. The molecule has 0 radical (unpaired) electrons. The maximum Gasteiger partial charge on any atom is 0.295 e. The number of benzene rings is 2. The number of ether oxygens (including phenoxy) is 3. The first-order chi connectivity index (χ1) is 17.0. The minimum absolute atomic E-state index is 0.0328. The van der Waals surface area contributed by atoms with Crippen LogP contribution >= 0.6 is 0 Å². The molecule has 2 heterocycles. The van der Waals surface area contributed by atoms with Crippen LogP contribution in [0.25, 0.3) is 5.76 Å². The van der Waals surface area contributed by atoms with Crippen LogP contribution in [0, 0.1) is 0 Å². The molecule has 1 amide bonds. The molecule has 8 nitrogen and oxygen atoms in total. The van der Waals surface area contributed by atoms with Gasteiger partial charge in [-0.2, -0.15) is 0 Å². The Balaban J connectivity index is 1.89. The van der Waals surface area contributed by atoms with Crippen molar-refractivity contribution in [2.45, 2.75) is 19.5 Å².